The van der Waals surface area contributed by atoms with Gasteiger partial charge in [0, 0.05) is 55.1 Å². The van der Waals surface area contributed by atoms with Crippen LogP contribution in [0.5, 0.6) is 0 Å². The van der Waals surface area contributed by atoms with Gasteiger partial charge in [0.1, 0.15) is 0 Å². The number of nitrogens with one attached hydrogen (secondary N) is 1. The van der Waals surface area contributed by atoms with Crippen LogP contribution in [0.3, 0.4) is 0 Å². The van der Waals surface area contributed by atoms with Crippen molar-refractivity contribution in [2.45, 2.75) is 43.9 Å². The maximum Gasteiger partial charge on any atom is 0.0987 e. The second-order valence-electron chi connectivity index (χ2n) is 8.54. The Kier molecular flexibility index (Phi) is 4.13. The molecule has 3 aliphatic rings. The van der Waals surface area contributed by atoms with Crippen molar-refractivity contribution in [3.8, 4) is 11.3 Å². The summed E-state index contributed by atoms with van der Waals surface area (Å²) in [6.45, 7) is 7.50. The number of nitrogens with zero attached hydrogens (tertiary/aromatic N) is 5. The van der Waals surface area contributed by atoms with Gasteiger partial charge in [-0.1, -0.05) is 0 Å². The van der Waals surface area contributed by atoms with Crippen LogP contribution in [0, 0.1) is 0 Å². The van der Waals surface area contributed by atoms with Crippen molar-refractivity contribution in [1.29, 1.82) is 0 Å². The third-order valence-electron chi connectivity index (χ3n) is 6.82. The molecule has 5 rings (SSSR count). The lowest BCUT2D eigenvalue weighted by atomic mass is 9.72. The number of aryl methyl sites for hydroxylation is 1. The fourth-order valence-corrected chi connectivity index (χ4v) is 5.40. The van der Waals surface area contributed by atoms with Crippen LogP contribution in [-0.4, -0.2) is 69.0 Å². The van der Waals surface area contributed by atoms with Gasteiger partial charge in [-0.3, -0.25) is 9.78 Å². The Bertz CT molecular complexity index is 771. The molecule has 2 aliphatic heterocycles. The van der Waals surface area contributed by atoms with Crippen LogP contribution in [0.15, 0.2) is 12.4 Å². The molecular formula is C20H30N6. The third kappa shape index (κ3) is 2.79. The first kappa shape index (κ1) is 16.5. The molecule has 140 valence electrons. The van der Waals surface area contributed by atoms with Gasteiger partial charge in [0.25, 0.3) is 0 Å². The maximum absolute atomic E-state index is 4.73. The van der Waals surface area contributed by atoms with Crippen LogP contribution < -0.4 is 0 Å². The van der Waals surface area contributed by atoms with Gasteiger partial charge in [-0.15, -0.1) is 0 Å². The van der Waals surface area contributed by atoms with Crippen LogP contribution in [0.4, 0.5) is 0 Å². The van der Waals surface area contributed by atoms with E-state index in [1.807, 2.05) is 17.9 Å². The molecule has 1 N–H and O–H groups in total. The van der Waals surface area contributed by atoms with Crippen molar-refractivity contribution in [1.82, 2.24) is 29.8 Å². The molecule has 1 unspecified atom stereocenters. The van der Waals surface area contributed by atoms with Crippen LogP contribution in [0.1, 0.15) is 43.4 Å². The molecule has 6 nitrogen and oxygen atoms in total. The van der Waals surface area contributed by atoms with Gasteiger partial charge in [0.2, 0.25) is 0 Å². The van der Waals surface area contributed by atoms with Gasteiger partial charge in [0.15, 0.2) is 0 Å². The molecule has 2 saturated heterocycles. The molecule has 1 aliphatic carbocycles. The standard InChI is InChI=1S/C20H30N6/c1-24-14-16(13-21-24)18-17-5-4-6-20(19(17)23-22-18)7-10-26(15-20)12-11-25-8-2-3-9-25/h13-14H,2-12,15H2,1H3,(H,22,23). The molecule has 0 saturated carbocycles. The van der Waals surface area contributed by atoms with E-state index in [-0.39, 0.29) is 0 Å². The highest BCUT2D eigenvalue weighted by atomic mass is 15.2. The van der Waals surface area contributed by atoms with Crippen molar-refractivity contribution in [3.63, 3.8) is 0 Å². The monoisotopic (exact) mass is 354 g/mol. The highest BCUT2D eigenvalue weighted by Crippen LogP contribution is 2.45. The summed E-state index contributed by atoms with van der Waals surface area (Å²) >= 11 is 0. The Morgan fingerprint density at radius 2 is 1.92 bits per heavy atom. The minimum Gasteiger partial charge on any atom is -0.302 e. The van der Waals surface area contributed by atoms with Gasteiger partial charge in [-0.25, -0.2) is 0 Å². The summed E-state index contributed by atoms with van der Waals surface area (Å²) in [5, 5.41) is 12.5. The quantitative estimate of drug-likeness (QED) is 0.914. The van der Waals surface area contributed by atoms with E-state index < -0.39 is 0 Å². The SMILES string of the molecule is Cn1cc(-c2n[nH]c3c2CCCC32CCN(CCN3CCCC3)C2)cn1. The maximum atomic E-state index is 4.73. The lowest BCUT2D eigenvalue weighted by Gasteiger charge is -2.33. The molecule has 4 heterocycles. The van der Waals surface area contributed by atoms with E-state index in [0.717, 1.165) is 17.7 Å². The molecule has 2 aromatic rings. The number of hydrogen-bond donors (Lipinski definition) is 1. The molecule has 0 amide bonds. The third-order valence-corrected chi connectivity index (χ3v) is 6.82. The Labute approximate surface area is 155 Å². The molecule has 1 spiro atoms. The molecule has 0 bridgehead atoms. The number of rotatable bonds is 4. The zero-order valence-electron chi connectivity index (χ0n) is 15.9. The van der Waals surface area contributed by atoms with E-state index >= 15 is 0 Å². The number of H-pyrrole nitrogens is 1. The van der Waals surface area contributed by atoms with Gasteiger partial charge in [-0.2, -0.15) is 10.2 Å². The minimum absolute atomic E-state index is 0.298. The first-order valence-corrected chi connectivity index (χ1v) is 10.2. The first-order chi connectivity index (χ1) is 12.7. The summed E-state index contributed by atoms with van der Waals surface area (Å²) < 4.78 is 1.87. The van der Waals surface area contributed by atoms with Crippen molar-refractivity contribution in [2.75, 3.05) is 39.3 Å². The van der Waals surface area contributed by atoms with Crippen LogP contribution in [0.25, 0.3) is 11.3 Å². The normalized spacial score (nSPS) is 26.8. The van der Waals surface area contributed by atoms with Crippen LogP contribution >= 0.6 is 0 Å². The number of fused-ring (bicyclic) bond motifs is 2. The summed E-state index contributed by atoms with van der Waals surface area (Å²) in [5.41, 5.74) is 5.44. The average molecular weight is 355 g/mol. The number of likely N-dealkylation sites (tertiary alicyclic amines) is 2. The Morgan fingerprint density at radius 1 is 1.08 bits per heavy atom. The topological polar surface area (TPSA) is 53.0 Å². The van der Waals surface area contributed by atoms with Gasteiger partial charge in [-0.05, 0) is 58.2 Å². The summed E-state index contributed by atoms with van der Waals surface area (Å²) in [4.78, 5) is 5.33. The zero-order chi connectivity index (χ0) is 17.6. The fraction of sp³-hybridized carbons (Fsp3) is 0.700. The summed E-state index contributed by atoms with van der Waals surface area (Å²) in [6, 6.07) is 0. The van der Waals surface area contributed by atoms with Crippen LogP contribution in [-0.2, 0) is 18.9 Å². The molecule has 2 aromatic heterocycles. The predicted octanol–water partition coefficient (Wildman–Crippen LogP) is 2.19. The lowest BCUT2D eigenvalue weighted by molar-refractivity contribution is 0.240. The van der Waals surface area contributed by atoms with Crippen molar-refractivity contribution in [2.24, 2.45) is 7.05 Å². The number of hydrogen-bond acceptors (Lipinski definition) is 4. The van der Waals surface area contributed by atoms with Gasteiger partial charge >= 0.3 is 0 Å². The Morgan fingerprint density at radius 3 is 2.73 bits per heavy atom. The predicted molar refractivity (Wildman–Crippen MR) is 102 cm³/mol. The number of aromatic nitrogens is 4. The van der Waals surface area contributed by atoms with E-state index in [1.165, 1.54) is 82.6 Å². The van der Waals surface area contributed by atoms with Crippen molar-refractivity contribution < 1.29 is 0 Å². The second-order valence-corrected chi connectivity index (χ2v) is 8.54. The van der Waals surface area contributed by atoms with Crippen LogP contribution in [0.2, 0.25) is 0 Å². The van der Waals surface area contributed by atoms with E-state index in [1.54, 1.807) is 0 Å². The Hall–Kier alpha value is -1.66. The smallest absolute Gasteiger partial charge is 0.0987 e. The lowest BCUT2D eigenvalue weighted by Crippen LogP contribution is -2.37. The van der Waals surface area contributed by atoms with Gasteiger partial charge < -0.3 is 9.80 Å². The molecule has 6 heteroatoms. The fourth-order valence-electron chi connectivity index (χ4n) is 5.40. The molecule has 2 fully saturated rings. The minimum atomic E-state index is 0.298. The van der Waals surface area contributed by atoms with E-state index in [2.05, 4.69) is 26.2 Å². The zero-order valence-corrected chi connectivity index (χ0v) is 15.9. The van der Waals surface area contributed by atoms with E-state index in [0.29, 0.717) is 5.41 Å². The van der Waals surface area contributed by atoms with Crippen molar-refractivity contribution in [3.05, 3.63) is 23.7 Å². The molecule has 0 aromatic carbocycles. The Balaban J connectivity index is 1.34. The highest BCUT2D eigenvalue weighted by Gasteiger charge is 2.44. The average Bonchev–Trinajstić information content (AvgIpc) is 3.40. The van der Waals surface area contributed by atoms with E-state index in [9.17, 15) is 0 Å². The van der Waals surface area contributed by atoms with E-state index in [4.69, 9.17) is 5.10 Å². The largest absolute Gasteiger partial charge is 0.302 e. The summed E-state index contributed by atoms with van der Waals surface area (Å²) in [5.74, 6) is 0. The number of aromatic amines is 1. The van der Waals surface area contributed by atoms with Crippen molar-refractivity contribution >= 4 is 0 Å². The highest BCUT2D eigenvalue weighted by molar-refractivity contribution is 5.63. The summed E-state index contributed by atoms with van der Waals surface area (Å²) in [7, 11) is 1.97. The molecule has 26 heavy (non-hydrogen) atoms. The van der Waals surface area contributed by atoms with Gasteiger partial charge in [0.05, 0.1) is 11.9 Å². The molecule has 0 radical (unpaired) electrons. The summed E-state index contributed by atoms with van der Waals surface area (Å²) in [6.07, 6.45) is 11.8. The first-order valence-electron chi connectivity index (χ1n) is 10.2. The molecule has 1 atom stereocenters. The second kappa shape index (κ2) is 6.50. The molecular weight excluding hydrogens is 324 g/mol.